The van der Waals surface area contributed by atoms with Crippen LogP contribution in [-0.2, 0) is 10.0 Å². The van der Waals surface area contributed by atoms with E-state index in [0.29, 0.717) is 5.02 Å². The van der Waals surface area contributed by atoms with Crippen LogP contribution in [0.3, 0.4) is 0 Å². The molecule has 0 aromatic heterocycles. The van der Waals surface area contributed by atoms with Gasteiger partial charge in [-0.05, 0) is 50.6 Å². The second-order valence-corrected chi connectivity index (χ2v) is 7.60. The average Bonchev–Trinajstić information content (AvgIpc) is 2.53. The van der Waals surface area contributed by atoms with Gasteiger partial charge in [0.2, 0.25) is 10.0 Å². The molecule has 0 amide bonds. The van der Waals surface area contributed by atoms with Crippen molar-refractivity contribution in [2.75, 3.05) is 0 Å². The van der Waals surface area contributed by atoms with Crippen LogP contribution in [0, 0.1) is 6.92 Å². The number of hydrogen-bond donors (Lipinski definition) is 1. The Balaban J connectivity index is 2.37. The SMILES string of the molecule is C/C=C(\C)C(NS(=O)(=O)c1ccc(C)cc1)c1ccc(Cl)cc1. The molecule has 122 valence electrons. The molecule has 0 aliphatic carbocycles. The zero-order chi connectivity index (χ0) is 17.0. The fourth-order valence-corrected chi connectivity index (χ4v) is 3.58. The van der Waals surface area contributed by atoms with Crippen LogP contribution < -0.4 is 4.72 Å². The van der Waals surface area contributed by atoms with Crippen molar-refractivity contribution in [1.82, 2.24) is 4.72 Å². The van der Waals surface area contributed by atoms with Gasteiger partial charge in [0, 0.05) is 5.02 Å². The molecule has 0 spiro atoms. The summed E-state index contributed by atoms with van der Waals surface area (Å²) in [7, 11) is -3.61. The van der Waals surface area contributed by atoms with Gasteiger partial charge in [-0.3, -0.25) is 0 Å². The van der Waals surface area contributed by atoms with Crippen molar-refractivity contribution in [2.45, 2.75) is 31.7 Å². The van der Waals surface area contributed by atoms with E-state index in [9.17, 15) is 8.42 Å². The summed E-state index contributed by atoms with van der Waals surface area (Å²) in [5.41, 5.74) is 2.78. The van der Waals surface area contributed by atoms with Crippen LogP contribution >= 0.6 is 11.6 Å². The molecular formula is C18H20ClNO2S. The minimum absolute atomic E-state index is 0.256. The van der Waals surface area contributed by atoms with Crippen molar-refractivity contribution >= 4 is 21.6 Å². The fourth-order valence-electron chi connectivity index (χ4n) is 2.19. The van der Waals surface area contributed by atoms with E-state index in [2.05, 4.69) is 4.72 Å². The molecule has 5 heteroatoms. The van der Waals surface area contributed by atoms with Crippen molar-refractivity contribution in [2.24, 2.45) is 0 Å². The highest BCUT2D eigenvalue weighted by molar-refractivity contribution is 7.89. The highest BCUT2D eigenvalue weighted by Crippen LogP contribution is 2.25. The van der Waals surface area contributed by atoms with Crippen molar-refractivity contribution in [3.05, 3.63) is 76.3 Å². The molecule has 1 N–H and O–H groups in total. The van der Waals surface area contributed by atoms with E-state index in [4.69, 9.17) is 11.6 Å². The Morgan fingerprint density at radius 1 is 1.09 bits per heavy atom. The molecule has 0 heterocycles. The fraction of sp³-hybridized carbons (Fsp3) is 0.222. The van der Waals surface area contributed by atoms with E-state index < -0.39 is 16.1 Å². The second-order valence-electron chi connectivity index (χ2n) is 5.45. The normalized spacial score (nSPS) is 13.8. The van der Waals surface area contributed by atoms with Crippen LogP contribution in [0.25, 0.3) is 0 Å². The number of sulfonamides is 1. The highest BCUT2D eigenvalue weighted by atomic mass is 35.5. The molecule has 2 rings (SSSR count). The van der Waals surface area contributed by atoms with Crippen molar-refractivity contribution in [3.8, 4) is 0 Å². The third kappa shape index (κ3) is 4.44. The number of rotatable bonds is 5. The summed E-state index contributed by atoms with van der Waals surface area (Å²) >= 11 is 5.92. The lowest BCUT2D eigenvalue weighted by molar-refractivity contribution is 0.570. The summed E-state index contributed by atoms with van der Waals surface area (Å²) < 4.78 is 28.1. The molecular weight excluding hydrogens is 330 g/mol. The topological polar surface area (TPSA) is 46.2 Å². The quantitative estimate of drug-likeness (QED) is 0.799. The summed E-state index contributed by atoms with van der Waals surface area (Å²) in [6, 6.07) is 13.5. The monoisotopic (exact) mass is 349 g/mol. The minimum atomic E-state index is -3.61. The van der Waals surface area contributed by atoms with E-state index in [-0.39, 0.29) is 4.90 Å². The van der Waals surface area contributed by atoms with Gasteiger partial charge in [0.15, 0.2) is 0 Å². The first-order valence-corrected chi connectivity index (χ1v) is 9.17. The molecule has 0 saturated heterocycles. The smallest absolute Gasteiger partial charge is 0.207 e. The van der Waals surface area contributed by atoms with Crippen molar-refractivity contribution in [1.29, 1.82) is 0 Å². The van der Waals surface area contributed by atoms with E-state index >= 15 is 0 Å². The second kappa shape index (κ2) is 7.30. The molecule has 2 aromatic rings. The zero-order valence-corrected chi connectivity index (χ0v) is 14.9. The van der Waals surface area contributed by atoms with Crippen LogP contribution in [-0.4, -0.2) is 8.42 Å². The number of allylic oxidation sites excluding steroid dienone is 1. The Bertz CT molecular complexity index is 794. The van der Waals surface area contributed by atoms with Gasteiger partial charge in [0.1, 0.15) is 0 Å². The molecule has 3 nitrogen and oxygen atoms in total. The van der Waals surface area contributed by atoms with Crippen LogP contribution in [0.1, 0.15) is 31.0 Å². The Morgan fingerprint density at radius 2 is 1.65 bits per heavy atom. The van der Waals surface area contributed by atoms with Crippen LogP contribution in [0.5, 0.6) is 0 Å². The number of halogens is 1. The highest BCUT2D eigenvalue weighted by Gasteiger charge is 2.22. The van der Waals surface area contributed by atoms with Gasteiger partial charge < -0.3 is 0 Å². The van der Waals surface area contributed by atoms with Crippen LogP contribution in [0.4, 0.5) is 0 Å². The first-order chi connectivity index (χ1) is 10.8. The van der Waals surface area contributed by atoms with Crippen molar-refractivity contribution < 1.29 is 8.42 Å². The molecule has 0 saturated carbocycles. The van der Waals surface area contributed by atoms with Crippen LogP contribution in [0.15, 0.2) is 65.1 Å². The summed E-state index contributed by atoms with van der Waals surface area (Å²) in [4.78, 5) is 0.256. The Kier molecular flexibility index (Phi) is 5.63. The lowest BCUT2D eigenvalue weighted by Gasteiger charge is -2.20. The predicted octanol–water partition coefficient (Wildman–Crippen LogP) is 4.63. The third-order valence-corrected chi connectivity index (χ3v) is 5.41. The molecule has 23 heavy (non-hydrogen) atoms. The van der Waals surface area contributed by atoms with E-state index in [1.807, 2.05) is 39.0 Å². The van der Waals surface area contributed by atoms with Gasteiger partial charge >= 0.3 is 0 Å². The summed E-state index contributed by atoms with van der Waals surface area (Å²) in [6.45, 7) is 5.71. The lowest BCUT2D eigenvalue weighted by atomic mass is 10.0. The number of aryl methyl sites for hydroxylation is 1. The lowest BCUT2D eigenvalue weighted by Crippen LogP contribution is -2.29. The standard InChI is InChI=1S/C18H20ClNO2S/c1-4-14(3)18(15-7-9-16(19)10-8-15)20-23(21,22)17-11-5-13(2)6-12-17/h4-12,18,20H,1-3H3/b14-4+. The minimum Gasteiger partial charge on any atom is -0.207 e. The molecule has 0 bridgehead atoms. The summed E-state index contributed by atoms with van der Waals surface area (Å²) in [5, 5.41) is 0.618. The maximum Gasteiger partial charge on any atom is 0.241 e. The largest absolute Gasteiger partial charge is 0.241 e. The maximum atomic E-state index is 12.7. The van der Waals surface area contributed by atoms with Gasteiger partial charge in [0.05, 0.1) is 10.9 Å². The Hall–Kier alpha value is -1.62. The predicted molar refractivity (Wildman–Crippen MR) is 95.1 cm³/mol. The molecule has 0 aliphatic heterocycles. The van der Waals surface area contributed by atoms with E-state index in [1.165, 1.54) is 0 Å². The van der Waals surface area contributed by atoms with Gasteiger partial charge in [0.25, 0.3) is 0 Å². The Labute approximate surface area is 143 Å². The molecule has 1 atom stereocenters. The first kappa shape index (κ1) is 17.7. The first-order valence-electron chi connectivity index (χ1n) is 7.31. The molecule has 1 unspecified atom stereocenters. The number of benzene rings is 2. The number of nitrogens with one attached hydrogen (secondary N) is 1. The van der Waals surface area contributed by atoms with Gasteiger partial charge in [-0.2, -0.15) is 4.72 Å². The van der Waals surface area contributed by atoms with E-state index in [0.717, 1.165) is 16.7 Å². The van der Waals surface area contributed by atoms with Crippen LogP contribution in [0.2, 0.25) is 5.02 Å². The number of hydrogen-bond acceptors (Lipinski definition) is 2. The van der Waals surface area contributed by atoms with E-state index in [1.54, 1.807) is 36.4 Å². The van der Waals surface area contributed by atoms with Gasteiger partial charge in [-0.15, -0.1) is 0 Å². The maximum absolute atomic E-state index is 12.7. The summed E-state index contributed by atoms with van der Waals surface area (Å²) in [5.74, 6) is 0. The molecule has 0 fully saturated rings. The molecule has 2 aromatic carbocycles. The van der Waals surface area contributed by atoms with Gasteiger partial charge in [-0.1, -0.05) is 53.1 Å². The Morgan fingerprint density at radius 3 is 2.17 bits per heavy atom. The molecule has 0 aliphatic rings. The average molecular weight is 350 g/mol. The molecule has 0 radical (unpaired) electrons. The third-order valence-electron chi connectivity index (χ3n) is 3.72. The summed E-state index contributed by atoms with van der Waals surface area (Å²) in [6.07, 6.45) is 1.90. The van der Waals surface area contributed by atoms with Gasteiger partial charge in [-0.25, -0.2) is 8.42 Å². The zero-order valence-electron chi connectivity index (χ0n) is 13.4. The van der Waals surface area contributed by atoms with Crippen molar-refractivity contribution in [3.63, 3.8) is 0 Å².